The monoisotopic (exact) mass is 407 g/mol. The van der Waals surface area contributed by atoms with Gasteiger partial charge in [0.2, 0.25) is 0 Å². The van der Waals surface area contributed by atoms with Crippen molar-refractivity contribution in [1.29, 1.82) is 0 Å². The molecule has 3 aromatic rings. The molecule has 1 aliphatic rings. The molecule has 1 aromatic carbocycles. The van der Waals surface area contributed by atoms with Crippen LogP contribution >= 0.6 is 0 Å². The maximum atomic E-state index is 13.2. The lowest BCUT2D eigenvalue weighted by Gasteiger charge is -2.26. The number of anilines is 1. The van der Waals surface area contributed by atoms with Gasteiger partial charge in [0.15, 0.2) is 5.65 Å². The molecule has 30 heavy (non-hydrogen) atoms. The van der Waals surface area contributed by atoms with E-state index in [9.17, 15) is 4.79 Å². The highest BCUT2D eigenvalue weighted by molar-refractivity contribution is 6.06. The smallest absolute Gasteiger partial charge is 0.255 e. The van der Waals surface area contributed by atoms with Gasteiger partial charge in [0.1, 0.15) is 0 Å². The second-order valence-corrected chi connectivity index (χ2v) is 7.88. The standard InChI is InChI=1S/C23H29N5O2/c1-4-28-22-19(14-25-28)21(27-18-9-11-30-12-10-18)20(13-24-22)23(29)26-16(3)17-7-5-15(2)6-8-17/h5-8,13-14,16,18H,4,9-12H2,1-3H3,(H,24,27)(H,26,29). The Balaban J connectivity index is 1.65. The molecule has 3 heterocycles. The second kappa shape index (κ2) is 8.83. The Bertz CT molecular complexity index is 1020. The zero-order valence-corrected chi connectivity index (χ0v) is 17.8. The Labute approximate surface area is 176 Å². The highest BCUT2D eigenvalue weighted by Crippen LogP contribution is 2.29. The summed E-state index contributed by atoms with van der Waals surface area (Å²) in [5.41, 5.74) is 4.41. The lowest BCUT2D eigenvalue weighted by Crippen LogP contribution is -2.31. The third-order valence-electron chi connectivity index (χ3n) is 5.71. The SMILES string of the molecule is CCn1ncc2c(NC3CCOCC3)c(C(=O)NC(C)c3ccc(C)cc3)cnc21. The first kappa shape index (κ1) is 20.3. The number of nitrogens with zero attached hydrogens (tertiary/aromatic N) is 3. The van der Waals surface area contributed by atoms with Crippen molar-refractivity contribution in [3.05, 3.63) is 53.3 Å². The fourth-order valence-electron chi connectivity index (χ4n) is 3.84. The fraction of sp³-hybridized carbons (Fsp3) is 0.435. The summed E-state index contributed by atoms with van der Waals surface area (Å²) in [6, 6.07) is 8.37. The number of fused-ring (bicyclic) bond motifs is 1. The molecule has 1 atom stereocenters. The number of hydrogen-bond donors (Lipinski definition) is 2. The van der Waals surface area contributed by atoms with Gasteiger partial charge in [-0.1, -0.05) is 29.8 Å². The first-order valence-corrected chi connectivity index (χ1v) is 10.6. The Morgan fingerprint density at radius 1 is 1.23 bits per heavy atom. The van der Waals surface area contributed by atoms with E-state index < -0.39 is 0 Å². The van der Waals surface area contributed by atoms with Crippen LogP contribution in [0.5, 0.6) is 0 Å². The maximum Gasteiger partial charge on any atom is 0.255 e. The van der Waals surface area contributed by atoms with Gasteiger partial charge < -0.3 is 15.4 Å². The zero-order valence-electron chi connectivity index (χ0n) is 17.8. The average molecular weight is 408 g/mol. The van der Waals surface area contributed by atoms with E-state index in [1.807, 2.05) is 30.7 Å². The molecule has 1 unspecified atom stereocenters. The van der Waals surface area contributed by atoms with Crippen molar-refractivity contribution in [2.75, 3.05) is 18.5 Å². The molecule has 7 heteroatoms. The summed E-state index contributed by atoms with van der Waals surface area (Å²) in [5.74, 6) is -0.142. The van der Waals surface area contributed by atoms with Crippen molar-refractivity contribution < 1.29 is 9.53 Å². The molecule has 1 aliphatic heterocycles. The minimum Gasteiger partial charge on any atom is -0.381 e. The molecule has 1 saturated heterocycles. The number of amides is 1. The summed E-state index contributed by atoms with van der Waals surface area (Å²) in [5, 5.41) is 12.0. The van der Waals surface area contributed by atoms with Crippen LogP contribution in [-0.2, 0) is 11.3 Å². The van der Waals surface area contributed by atoms with E-state index in [0.29, 0.717) is 5.56 Å². The van der Waals surface area contributed by atoms with E-state index in [0.717, 1.165) is 54.9 Å². The number of ether oxygens (including phenoxy) is 1. The molecule has 7 nitrogen and oxygen atoms in total. The molecule has 2 N–H and O–H groups in total. The van der Waals surface area contributed by atoms with Crippen molar-refractivity contribution >= 4 is 22.6 Å². The van der Waals surface area contributed by atoms with Crippen LogP contribution in [0.2, 0.25) is 0 Å². The van der Waals surface area contributed by atoms with E-state index in [1.165, 1.54) is 5.56 Å². The van der Waals surface area contributed by atoms with Gasteiger partial charge in [-0.25, -0.2) is 9.67 Å². The largest absolute Gasteiger partial charge is 0.381 e. The van der Waals surface area contributed by atoms with Crippen LogP contribution in [0.15, 0.2) is 36.7 Å². The topological polar surface area (TPSA) is 81.1 Å². The molecule has 158 valence electrons. The Morgan fingerprint density at radius 2 is 1.97 bits per heavy atom. The van der Waals surface area contributed by atoms with Crippen LogP contribution in [0.3, 0.4) is 0 Å². The molecule has 4 rings (SSSR count). The summed E-state index contributed by atoms with van der Waals surface area (Å²) >= 11 is 0. The fourth-order valence-corrected chi connectivity index (χ4v) is 3.84. The number of benzene rings is 1. The molecule has 0 radical (unpaired) electrons. The number of rotatable bonds is 6. The van der Waals surface area contributed by atoms with E-state index in [1.54, 1.807) is 12.4 Å². The van der Waals surface area contributed by atoms with E-state index >= 15 is 0 Å². The van der Waals surface area contributed by atoms with Gasteiger partial charge in [-0.2, -0.15) is 5.10 Å². The average Bonchev–Trinajstić information content (AvgIpc) is 3.18. The highest BCUT2D eigenvalue weighted by Gasteiger charge is 2.23. The van der Waals surface area contributed by atoms with Gasteiger partial charge in [-0.15, -0.1) is 0 Å². The van der Waals surface area contributed by atoms with Crippen molar-refractivity contribution in [3.63, 3.8) is 0 Å². The molecular weight excluding hydrogens is 378 g/mol. The summed E-state index contributed by atoms with van der Waals surface area (Å²) in [4.78, 5) is 17.8. The van der Waals surface area contributed by atoms with Gasteiger partial charge in [0, 0.05) is 32.0 Å². The van der Waals surface area contributed by atoms with Crippen molar-refractivity contribution in [2.24, 2.45) is 0 Å². The summed E-state index contributed by atoms with van der Waals surface area (Å²) < 4.78 is 7.33. The number of carbonyl (C=O) groups excluding carboxylic acids is 1. The summed E-state index contributed by atoms with van der Waals surface area (Å²) in [7, 11) is 0. The number of aromatic nitrogens is 3. The van der Waals surface area contributed by atoms with E-state index in [-0.39, 0.29) is 18.0 Å². The van der Waals surface area contributed by atoms with Crippen LogP contribution in [-0.4, -0.2) is 39.9 Å². The van der Waals surface area contributed by atoms with Gasteiger partial charge in [0.25, 0.3) is 5.91 Å². The number of nitrogens with one attached hydrogen (secondary N) is 2. The van der Waals surface area contributed by atoms with Crippen molar-refractivity contribution in [1.82, 2.24) is 20.1 Å². The lowest BCUT2D eigenvalue weighted by atomic mass is 10.0. The van der Waals surface area contributed by atoms with Crippen LogP contribution in [0.4, 0.5) is 5.69 Å². The zero-order chi connectivity index (χ0) is 21.1. The normalized spacial score (nSPS) is 15.8. The quantitative estimate of drug-likeness (QED) is 0.649. The summed E-state index contributed by atoms with van der Waals surface area (Å²) in [6.45, 7) is 8.26. The molecule has 0 aliphatic carbocycles. The molecule has 0 bridgehead atoms. The molecular formula is C23H29N5O2. The third kappa shape index (κ3) is 4.16. The Hall–Kier alpha value is -2.93. The Morgan fingerprint density at radius 3 is 2.67 bits per heavy atom. The van der Waals surface area contributed by atoms with Crippen molar-refractivity contribution in [3.8, 4) is 0 Å². The van der Waals surface area contributed by atoms with Crippen molar-refractivity contribution in [2.45, 2.75) is 52.2 Å². The van der Waals surface area contributed by atoms with Gasteiger partial charge in [0.05, 0.1) is 28.9 Å². The highest BCUT2D eigenvalue weighted by atomic mass is 16.5. The lowest BCUT2D eigenvalue weighted by molar-refractivity contribution is 0.0903. The number of aryl methyl sites for hydroxylation is 2. The number of carbonyl (C=O) groups is 1. The minimum absolute atomic E-state index is 0.108. The first-order valence-electron chi connectivity index (χ1n) is 10.6. The van der Waals surface area contributed by atoms with Gasteiger partial charge in [-0.05, 0) is 39.2 Å². The van der Waals surface area contributed by atoms with Crippen LogP contribution in [0, 0.1) is 6.92 Å². The van der Waals surface area contributed by atoms with Gasteiger partial charge in [-0.3, -0.25) is 4.79 Å². The third-order valence-corrected chi connectivity index (χ3v) is 5.71. The second-order valence-electron chi connectivity index (χ2n) is 7.88. The van der Waals surface area contributed by atoms with E-state index in [2.05, 4.69) is 39.8 Å². The van der Waals surface area contributed by atoms with Crippen LogP contribution < -0.4 is 10.6 Å². The Kier molecular flexibility index (Phi) is 5.99. The van der Waals surface area contributed by atoms with Crippen LogP contribution in [0.25, 0.3) is 11.0 Å². The number of pyridine rings is 1. The molecule has 0 spiro atoms. The predicted molar refractivity (Wildman–Crippen MR) is 118 cm³/mol. The van der Waals surface area contributed by atoms with Crippen LogP contribution in [0.1, 0.15) is 54.2 Å². The molecule has 2 aromatic heterocycles. The summed E-state index contributed by atoms with van der Waals surface area (Å²) in [6.07, 6.45) is 5.28. The molecule has 1 amide bonds. The maximum absolute atomic E-state index is 13.2. The van der Waals surface area contributed by atoms with E-state index in [4.69, 9.17) is 4.74 Å². The van der Waals surface area contributed by atoms with Gasteiger partial charge >= 0.3 is 0 Å². The minimum atomic E-state index is -0.142. The number of hydrogen-bond acceptors (Lipinski definition) is 5. The predicted octanol–water partition coefficient (Wildman–Crippen LogP) is 3.84. The first-order chi connectivity index (χ1) is 14.6. The molecule has 0 saturated carbocycles. The molecule has 1 fully saturated rings.